The fourth-order valence-corrected chi connectivity index (χ4v) is 2.79. The zero-order chi connectivity index (χ0) is 15.0. The number of hydrogen-bond donors (Lipinski definition) is 4. The lowest BCUT2D eigenvalue weighted by Crippen LogP contribution is -2.51. The summed E-state index contributed by atoms with van der Waals surface area (Å²) in [6, 6.07) is -1.68. The third kappa shape index (κ3) is 6.00. The van der Waals surface area contributed by atoms with Crippen LogP contribution in [0.4, 0.5) is 4.79 Å². The summed E-state index contributed by atoms with van der Waals surface area (Å²) in [7, 11) is 0. The second-order valence-corrected chi connectivity index (χ2v) is 6.09. The van der Waals surface area contributed by atoms with Crippen LogP contribution in [-0.4, -0.2) is 52.4 Å². The monoisotopic (exact) mass is 304 g/mol. The molecule has 1 aliphatic carbocycles. The summed E-state index contributed by atoms with van der Waals surface area (Å²) in [5.41, 5.74) is 0. The maximum atomic E-state index is 11.8. The van der Waals surface area contributed by atoms with Gasteiger partial charge in [-0.15, -0.1) is 0 Å². The summed E-state index contributed by atoms with van der Waals surface area (Å²) >= 11 is 1.54. The van der Waals surface area contributed by atoms with Crippen molar-refractivity contribution < 1.29 is 19.8 Å². The standard InChI is InChI=1S/C13H24N2O4S/c1-20-8-7-10(12(17)18)15-13(19)14-9-5-3-2-4-6-11(9)16/h9-11,16H,2-8H2,1H3,(H,17,18)(H2,14,15,19). The lowest BCUT2D eigenvalue weighted by Gasteiger charge is -2.23. The molecule has 0 aromatic heterocycles. The number of aliphatic hydroxyl groups is 1. The molecule has 3 atom stereocenters. The van der Waals surface area contributed by atoms with Crippen LogP contribution in [-0.2, 0) is 4.79 Å². The molecule has 2 amide bonds. The molecule has 7 heteroatoms. The lowest BCUT2D eigenvalue weighted by molar-refractivity contribution is -0.139. The zero-order valence-corrected chi connectivity index (χ0v) is 12.6. The first-order chi connectivity index (χ1) is 9.54. The predicted molar refractivity (Wildman–Crippen MR) is 79.0 cm³/mol. The number of carbonyl (C=O) groups excluding carboxylic acids is 1. The van der Waals surface area contributed by atoms with Crippen LogP contribution in [0.3, 0.4) is 0 Å². The first-order valence-corrected chi connectivity index (χ1v) is 8.40. The summed E-state index contributed by atoms with van der Waals surface area (Å²) < 4.78 is 0. The largest absolute Gasteiger partial charge is 0.480 e. The second kappa shape index (κ2) is 9.07. The van der Waals surface area contributed by atoms with Gasteiger partial charge in [0, 0.05) is 0 Å². The first kappa shape index (κ1) is 17.1. The van der Waals surface area contributed by atoms with Crippen molar-refractivity contribution in [3.8, 4) is 0 Å². The highest BCUT2D eigenvalue weighted by atomic mass is 32.2. The van der Waals surface area contributed by atoms with Gasteiger partial charge in [0.05, 0.1) is 12.1 Å². The number of rotatable bonds is 6. The van der Waals surface area contributed by atoms with E-state index in [0.29, 0.717) is 18.6 Å². The number of urea groups is 1. The van der Waals surface area contributed by atoms with Crippen LogP contribution in [0.5, 0.6) is 0 Å². The molecule has 0 spiro atoms. The van der Waals surface area contributed by atoms with Gasteiger partial charge in [-0.25, -0.2) is 9.59 Å². The smallest absolute Gasteiger partial charge is 0.326 e. The average Bonchev–Trinajstić information content (AvgIpc) is 2.59. The van der Waals surface area contributed by atoms with Crippen LogP contribution in [0.1, 0.15) is 38.5 Å². The Balaban J connectivity index is 2.45. The SMILES string of the molecule is CSCCC(NC(=O)NC1CCCCCC1O)C(=O)O. The number of hydrogen-bond acceptors (Lipinski definition) is 4. The van der Waals surface area contributed by atoms with Crippen molar-refractivity contribution in [2.45, 2.75) is 56.7 Å². The Labute approximate surface area is 123 Å². The molecule has 20 heavy (non-hydrogen) atoms. The van der Waals surface area contributed by atoms with Crippen LogP contribution in [0, 0.1) is 0 Å². The third-order valence-electron chi connectivity index (χ3n) is 3.51. The highest BCUT2D eigenvalue weighted by Gasteiger charge is 2.25. The number of nitrogens with one attached hydrogen (secondary N) is 2. The van der Waals surface area contributed by atoms with Gasteiger partial charge in [0.25, 0.3) is 0 Å². The number of aliphatic carboxylic acids is 1. The minimum Gasteiger partial charge on any atom is -0.480 e. The second-order valence-electron chi connectivity index (χ2n) is 5.10. The summed E-state index contributed by atoms with van der Waals surface area (Å²) in [6.07, 6.45) is 6.14. The van der Waals surface area contributed by atoms with Gasteiger partial charge in [0.15, 0.2) is 0 Å². The molecule has 0 heterocycles. The Bertz CT molecular complexity index is 327. The van der Waals surface area contributed by atoms with Gasteiger partial charge >= 0.3 is 12.0 Å². The highest BCUT2D eigenvalue weighted by molar-refractivity contribution is 7.98. The summed E-state index contributed by atoms with van der Waals surface area (Å²) in [6.45, 7) is 0. The van der Waals surface area contributed by atoms with Gasteiger partial charge < -0.3 is 20.8 Å². The molecule has 0 aromatic rings. The Hall–Kier alpha value is -0.950. The van der Waals surface area contributed by atoms with E-state index < -0.39 is 24.1 Å². The minimum atomic E-state index is -1.03. The Morgan fingerprint density at radius 3 is 2.65 bits per heavy atom. The molecule has 1 saturated carbocycles. The number of amides is 2. The normalized spacial score (nSPS) is 24.5. The lowest BCUT2D eigenvalue weighted by atomic mass is 10.1. The molecule has 0 radical (unpaired) electrons. The van der Waals surface area contributed by atoms with Crippen molar-refractivity contribution in [2.24, 2.45) is 0 Å². The first-order valence-electron chi connectivity index (χ1n) is 7.01. The number of thioether (sulfide) groups is 1. The predicted octanol–water partition coefficient (Wildman–Crippen LogP) is 1.19. The maximum Gasteiger partial charge on any atom is 0.326 e. The van der Waals surface area contributed by atoms with Crippen LogP contribution >= 0.6 is 11.8 Å². The Morgan fingerprint density at radius 2 is 2.00 bits per heavy atom. The molecule has 0 saturated heterocycles. The molecule has 1 fully saturated rings. The fraction of sp³-hybridized carbons (Fsp3) is 0.846. The van der Waals surface area contributed by atoms with Crippen molar-refractivity contribution >= 4 is 23.8 Å². The van der Waals surface area contributed by atoms with Crippen LogP contribution in [0.25, 0.3) is 0 Å². The van der Waals surface area contributed by atoms with Crippen LogP contribution in [0.15, 0.2) is 0 Å². The molecule has 0 bridgehead atoms. The van der Waals surface area contributed by atoms with Crippen molar-refractivity contribution in [3.63, 3.8) is 0 Å². The number of carboxylic acids is 1. The molecule has 1 aliphatic rings. The molecule has 4 N–H and O–H groups in total. The molecule has 0 aliphatic heterocycles. The van der Waals surface area contributed by atoms with Crippen molar-refractivity contribution in [3.05, 3.63) is 0 Å². The van der Waals surface area contributed by atoms with Crippen LogP contribution in [0.2, 0.25) is 0 Å². The number of carboxylic acid groups (broad SMARTS) is 1. The van der Waals surface area contributed by atoms with Gasteiger partial charge in [-0.3, -0.25) is 0 Å². The van der Waals surface area contributed by atoms with E-state index in [4.69, 9.17) is 5.11 Å². The van der Waals surface area contributed by atoms with Crippen molar-refractivity contribution in [1.29, 1.82) is 0 Å². The van der Waals surface area contributed by atoms with Gasteiger partial charge in [-0.05, 0) is 31.3 Å². The van der Waals surface area contributed by atoms with Crippen LogP contribution < -0.4 is 10.6 Å². The van der Waals surface area contributed by atoms with E-state index in [-0.39, 0.29) is 6.04 Å². The summed E-state index contributed by atoms with van der Waals surface area (Å²) in [5.74, 6) is -0.362. The molecule has 116 valence electrons. The Morgan fingerprint density at radius 1 is 1.30 bits per heavy atom. The minimum absolute atomic E-state index is 0.285. The number of carbonyl (C=O) groups is 2. The zero-order valence-electron chi connectivity index (χ0n) is 11.8. The maximum absolute atomic E-state index is 11.8. The molecule has 1 rings (SSSR count). The van der Waals surface area contributed by atoms with Crippen molar-refractivity contribution in [2.75, 3.05) is 12.0 Å². The van der Waals surface area contributed by atoms with E-state index in [1.807, 2.05) is 6.26 Å². The average molecular weight is 304 g/mol. The molecule has 3 unspecified atom stereocenters. The fourth-order valence-electron chi connectivity index (χ4n) is 2.32. The molecular weight excluding hydrogens is 280 g/mol. The van der Waals surface area contributed by atoms with E-state index in [9.17, 15) is 14.7 Å². The highest BCUT2D eigenvalue weighted by Crippen LogP contribution is 2.17. The summed E-state index contributed by atoms with van der Waals surface area (Å²) in [4.78, 5) is 22.9. The van der Waals surface area contributed by atoms with Gasteiger partial charge in [0.1, 0.15) is 6.04 Å². The molecule has 6 nitrogen and oxygen atoms in total. The van der Waals surface area contributed by atoms with Gasteiger partial charge in [-0.1, -0.05) is 19.3 Å². The molecule has 0 aromatic carbocycles. The van der Waals surface area contributed by atoms with E-state index in [1.165, 1.54) is 11.8 Å². The summed E-state index contributed by atoms with van der Waals surface area (Å²) in [5, 5.41) is 24.1. The van der Waals surface area contributed by atoms with E-state index in [2.05, 4.69) is 10.6 Å². The Kier molecular flexibility index (Phi) is 7.76. The number of aliphatic hydroxyl groups excluding tert-OH is 1. The van der Waals surface area contributed by atoms with E-state index >= 15 is 0 Å². The molecular formula is C13H24N2O4S. The van der Waals surface area contributed by atoms with Gasteiger partial charge in [-0.2, -0.15) is 11.8 Å². The van der Waals surface area contributed by atoms with Gasteiger partial charge in [0.2, 0.25) is 0 Å². The third-order valence-corrected chi connectivity index (χ3v) is 4.15. The topological polar surface area (TPSA) is 98.7 Å². The van der Waals surface area contributed by atoms with Crippen molar-refractivity contribution in [1.82, 2.24) is 10.6 Å². The van der Waals surface area contributed by atoms with E-state index in [1.54, 1.807) is 0 Å². The van der Waals surface area contributed by atoms with E-state index in [0.717, 1.165) is 25.7 Å². The quantitative estimate of drug-likeness (QED) is 0.552.